The Kier molecular flexibility index (Phi) is 4.56. The molecule has 3 N–H and O–H groups in total. The molecular formula is C19H26N2. The number of rotatable bonds is 5. The zero-order valence-electron chi connectivity index (χ0n) is 13.5. The first-order chi connectivity index (χ1) is 9.92. The van der Waals surface area contributed by atoms with Crippen LogP contribution in [-0.4, -0.2) is 0 Å². The molecule has 0 spiro atoms. The van der Waals surface area contributed by atoms with Crippen molar-refractivity contribution >= 4 is 11.4 Å². The van der Waals surface area contributed by atoms with Crippen LogP contribution in [0.1, 0.15) is 51.2 Å². The van der Waals surface area contributed by atoms with E-state index in [1.54, 1.807) is 0 Å². The number of hydrogen-bond donors (Lipinski definition) is 2. The van der Waals surface area contributed by atoms with E-state index >= 15 is 0 Å². The molecule has 0 saturated carbocycles. The first-order valence-corrected chi connectivity index (χ1v) is 7.66. The molecule has 0 aromatic heterocycles. The predicted molar refractivity (Wildman–Crippen MR) is 92.7 cm³/mol. The van der Waals surface area contributed by atoms with Crippen molar-refractivity contribution in [2.75, 3.05) is 11.1 Å². The number of hydrogen-bond acceptors (Lipinski definition) is 2. The van der Waals surface area contributed by atoms with Crippen molar-refractivity contribution in [1.82, 2.24) is 0 Å². The largest absolute Gasteiger partial charge is 0.399 e. The summed E-state index contributed by atoms with van der Waals surface area (Å²) < 4.78 is 0. The minimum atomic E-state index is -0.133. The van der Waals surface area contributed by atoms with Crippen molar-refractivity contribution in [3.8, 4) is 0 Å². The van der Waals surface area contributed by atoms with Crippen LogP contribution in [0.5, 0.6) is 0 Å². The van der Waals surface area contributed by atoms with Crippen molar-refractivity contribution in [3.05, 3.63) is 59.7 Å². The van der Waals surface area contributed by atoms with Crippen LogP contribution in [0, 0.1) is 0 Å². The Balaban J connectivity index is 2.14. The van der Waals surface area contributed by atoms with Crippen LogP contribution in [0.25, 0.3) is 0 Å². The summed E-state index contributed by atoms with van der Waals surface area (Å²) in [6.45, 7) is 8.85. The number of anilines is 2. The van der Waals surface area contributed by atoms with E-state index in [0.717, 1.165) is 11.4 Å². The number of benzene rings is 2. The Morgan fingerprint density at radius 1 is 1.00 bits per heavy atom. The monoisotopic (exact) mass is 282 g/mol. The van der Waals surface area contributed by atoms with Gasteiger partial charge in [0.1, 0.15) is 0 Å². The van der Waals surface area contributed by atoms with Gasteiger partial charge in [0.05, 0.1) is 5.54 Å². The summed E-state index contributed by atoms with van der Waals surface area (Å²) in [7, 11) is 0. The van der Waals surface area contributed by atoms with Crippen LogP contribution >= 0.6 is 0 Å². The van der Waals surface area contributed by atoms with E-state index < -0.39 is 0 Å². The lowest BCUT2D eigenvalue weighted by Gasteiger charge is -2.28. The highest BCUT2D eigenvalue weighted by Gasteiger charge is 2.19. The summed E-state index contributed by atoms with van der Waals surface area (Å²) in [5, 5.41) is 3.60. The molecule has 0 aliphatic heterocycles. The average Bonchev–Trinajstić information content (AvgIpc) is 2.47. The van der Waals surface area contributed by atoms with E-state index in [4.69, 9.17) is 5.73 Å². The first kappa shape index (κ1) is 15.4. The van der Waals surface area contributed by atoms with Gasteiger partial charge in [-0.05, 0) is 61.6 Å². The first-order valence-electron chi connectivity index (χ1n) is 7.66. The van der Waals surface area contributed by atoms with Gasteiger partial charge in [-0.25, -0.2) is 0 Å². The van der Waals surface area contributed by atoms with Gasteiger partial charge in [-0.3, -0.25) is 0 Å². The van der Waals surface area contributed by atoms with Gasteiger partial charge >= 0.3 is 0 Å². The van der Waals surface area contributed by atoms with E-state index in [-0.39, 0.29) is 5.54 Å². The zero-order chi connectivity index (χ0) is 15.5. The second-order valence-electron chi connectivity index (χ2n) is 6.30. The summed E-state index contributed by atoms with van der Waals surface area (Å²) >= 11 is 0. The molecule has 2 aromatic rings. The fourth-order valence-corrected chi connectivity index (χ4v) is 2.46. The van der Waals surface area contributed by atoms with Gasteiger partial charge in [0.25, 0.3) is 0 Å². The highest BCUT2D eigenvalue weighted by Crippen LogP contribution is 2.27. The smallest absolute Gasteiger partial charge is 0.0569 e. The lowest BCUT2D eigenvalue weighted by molar-refractivity contribution is 0.609. The summed E-state index contributed by atoms with van der Waals surface area (Å²) in [6.07, 6.45) is 1.17. The highest BCUT2D eigenvalue weighted by atomic mass is 15.0. The molecule has 0 radical (unpaired) electrons. The fraction of sp³-hybridized carbons (Fsp3) is 0.368. The maximum Gasteiger partial charge on any atom is 0.0569 e. The Hall–Kier alpha value is -1.96. The molecule has 0 heterocycles. The molecule has 1 unspecified atom stereocenters. The zero-order valence-corrected chi connectivity index (χ0v) is 13.5. The van der Waals surface area contributed by atoms with Gasteiger partial charge in [-0.1, -0.05) is 38.1 Å². The van der Waals surface area contributed by atoms with Crippen molar-refractivity contribution in [1.29, 1.82) is 0 Å². The van der Waals surface area contributed by atoms with Crippen LogP contribution < -0.4 is 11.1 Å². The summed E-state index contributed by atoms with van der Waals surface area (Å²) in [6, 6.07) is 16.8. The molecule has 2 aromatic carbocycles. The Morgan fingerprint density at radius 3 is 2.10 bits per heavy atom. The third-order valence-corrected chi connectivity index (χ3v) is 4.18. The normalized spacial score (nSPS) is 13.0. The van der Waals surface area contributed by atoms with Gasteiger partial charge in [0.15, 0.2) is 0 Å². The van der Waals surface area contributed by atoms with Crippen molar-refractivity contribution in [3.63, 3.8) is 0 Å². The van der Waals surface area contributed by atoms with Gasteiger partial charge in [0, 0.05) is 11.4 Å². The third-order valence-electron chi connectivity index (χ3n) is 4.18. The second-order valence-corrected chi connectivity index (χ2v) is 6.30. The maximum absolute atomic E-state index is 5.76. The van der Waals surface area contributed by atoms with E-state index in [1.165, 1.54) is 17.5 Å². The van der Waals surface area contributed by atoms with Crippen LogP contribution in [0.3, 0.4) is 0 Å². The molecule has 112 valence electrons. The average molecular weight is 282 g/mol. The summed E-state index contributed by atoms with van der Waals surface area (Å²) in [5.41, 5.74) is 10.2. The SMILES string of the molecule is CCC(C)c1ccc(NC(C)(C)c2ccc(N)cc2)cc1. The van der Waals surface area contributed by atoms with Gasteiger partial charge in [0.2, 0.25) is 0 Å². The number of nitrogens with two attached hydrogens (primary N) is 1. The molecular weight excluding hydrogens is 256 g/mol. The van der Waals surface area contributed by atoms with Crippen LogP contribution in [0.2, 0.25) is 0 Å². The molecule has 2 rings (SSSR count). The van der Waals surface area contributed by atoms with Gasteiger partial charge in [-0.2, -0.15) is 0 Å². The van der Waals surface area contributed by atoms with Crippen LogP contribution in [-0.2, 0) is 5.54 Å². The fourth-order valence-electron chi connectivity index (χ4n) is 2.46. The second kappa shape index (κ2) is 6.21. The van der Waals surface area contributed by atoms with E-state index in [1.807, 2.05) is 12.1 Å². The minimum absolute atomic E-state index is 0.133. The molecule has 0 aliphatic carbocycles. The molecule has 2 heteroatoms. The molecule has 2 nitrogen and oxygen atoms in total. The standard InChI is InChI=1S/C19H26N2/c1-5-14(2)15-6-12-18(13-7-15)21-19(3,4)16-8-10-17(20)11-9-16/h6-14,21H,5,20H2,1-4H3. The quantitative estimate of drug-likeness (QED) is 0.746. The van der Waals surface area contributed by atoms with E-state index in [0.29, 0.717) is 5.92 Å². The summed E-state index contributed by atoms with van der Waals surface area (Å²) in [5.74, 6) is 0.615. The maximum atomic E-state index is 5.76. The number of nitrogens with one attached hydrogen (secondary N) is 1. The van der Waals surface area contributed by atoms with Gasteiger partial charge in [-0.15, -0.1) is 0 Å². The third kappa shape index (κ3) is 3.78. The minimum Gasteiger partial charge on any atom is -0.399 e. The van der Waals surface area contributed by atoms with E-state index in [2.05, 4.69) is 69.4 Å². The highest BCUT2D eigenvalue weighted by molar-refractivity contribution is 5.50. The van der Waals surface area contributed by atoms with E-state index in [9.17, 15) is 0 Å². The molecule has 0 aliphatic rings. The topological polar surface area (TPSA) is 38.0 Å². The summed E-state index contributed by atoms with van der Waals surface area (Å²) in [4.78, 5) is 0. The Labute approximate surface area is 128 Å². The van der Waals surface area contributed by atoms with Crippen LogP contribution in [0.15, 0.2) is 48.5 Å². The molecule has 0 saturated heterocycles. The predicted octanol–water partition coefficient (Wildman–Crippen LogP) is 5.13. The molecule has 0 amide bonds. The molecule has 0 fully saturated rings. The Morgan fingerprint density at radius 2 is 1.57 bits per heavy atom. The molecule has 21 heavy (non-hydrogen) atoms. The van der Waals surface area contributed by atoms with Crippen molar-refractivity contribution in [2.24, 2.45) is 0 Å². The molecule has 1 atom stereocenters. The lowest BCUT2D eigenvalue weighted by Crippen LogP contribution is -2.27. The molecule has 0 bridgehead atoms. The Bertz CT molecular complexity index is 568. The van der Waals surface area contributed by atoms with Gasteiger partial charge < -0.3 is 11.1 Å². The van der Waals surface area contributed by atoms with Crippen molar-refractivity contribution in [2.45, 2.75) is 45.6 Å². The lowest BCUT2D eigenvalue weighted by atomic mass is 9.93. The van der Waals surface area contributed by atoms with Crippen LogP contribution in [0.4, 0.5) is 11.4 Å². The van der Waals surface area contributed by atoms with Crippen molar-refractivity contribution < 1.29 is 0 Å². The number of nitrogen functional groups attached to an aromatic ring is 1.